The van der Waals surface area contributed by atoms with Crippen LogP contribution in [0.25, 0.3) is 71.6 Å². The van der Waals surface area contributed by atoms with Gasteiger partial charge in [0.25, 0.3) is 0 Å². The minimum Gasteiger partial charge on any atom is -0.453 e. The van der Waals surface area contributed by atoms with Gasteiger partial charge in [-0.25, -0.2) is 4.98 Å². The van der Waals surface area contributed by atoms with Crippen molar-refractivity contribution in [2.45, 2.75) is 0 Å². The van der Waals surface area contributed by atoms with Gasteiger partial charge in [-0.3, -0.25) is 9.25 Å². The Bertz CT molecular complexity index is 2860. The average molecular weight is 632 g/mol. The molecule has 0 fully saturated rings. The lowest BCUT2D eigenvalue weighted by atomic mass is 10.0. The van der Waals surface area contributed by atoms with Crippen LogP contribution in [0.15, 0.2) is 162 Å². The summed E-state index contributed by atoms with van der Waals surface area (Å²) in [5.74, 6) is 0.876. The van der Waals surface area contributed by atoms with Crippen LogP contribution in [0.1, 0.15) is 0 Å². The van der Waals surface area contributed by atoms with Crippen molar-refractivity contribution in [1.82, 2.24) is 19.3 Å². The van der Waals surface area contributed by atoms with Crippen molar-refractivity contribution in [3.63, 3.8) is 0 Å². The fourth-order valence-electron chi connectivity index (χ4n) is 7.32. The molecule has 4 aromatic heterocycles. The topological polar surface area (TPSA) is 52.0 Å². The third-order valence-corrected chi connectivity index (χ3v) is 9.52. The van der Waals surface area contributed by atoms with Crippen LogP contribution in [0, 0.1) is 0 Å². The van der Waals surface area contributed by atoms with Crippen LogP contribution in [0.5, 0.6) is 0 Å². The van der Waals surface area contributed by atoms with Gasteiger partial charge in [0.05, 0.1) is 22.4 Å². The van der Waals surface area contributed by atoms with E-state index in [9.17, 15) is 0 Å². The Labute approximate surface area is 281 Å². The minimum atomic E-state index is 0.836. The summed E-state index contributed by atoms with van der Waals surface area (Å²) in [5.41, 5.74) is 8.84. The monoisotopic (exact) mass is 631 g/mol. The van der Waals surface area contributed by atoms with E-state index in [4.69, 9.17) is 14.5 Å². The van der Waals surface area contributed by atoms with Crippen LogP contribution < -0.4 is 4.90 Å². The van der Waals surface area contributed by atoms with Crippen molar-refractivity contribution in [3.8, 4) is 17.1 Å². The maximum Gasteiger partial charge on any atom is 0.159 e. The van der Waals surface area contributed by atoms with Crippen molar-refractivity contribution in [1.29, 1.82) is 0 Å². The summed E-state index contributed by atoms with van der Waals surface area (Å²) < 4.78 is 11.0. The van der Waals surface area contributed by atoms with Crippen molar-refractivity contribution in [3.05, 3.63) is 158 Å². The molecule has 0 bridgehead atoms. The van der Waals surface area contributed by atoms with Gasteiger partial charge in [0.2, 0.25) is 0 Å². The second-order valence-electron chi connectivity index (χ2n) is 12.4. The van der Waals surface area contributed by atoms with Gasteiger partial charge in [-0.2, -0.15) is 5.10 Å². The van der Waals surface area contributed by atoms with E-state index in [1.54, 1.807) is 0 Å². The lowest BCUT2D eigenvalue weighted by molar-refractivity contribution is 0.673. The molecule has 10 rings (SSSR count). The van der Waals surface area contributed by atoms with Crippen LogP contribution in [0.2, 0.25) is 0 Å². The molecule has 232 valence electrons. The van der Waals surface area contributed by atoms with Crippen LogP contribution >= 0.6 is 0 Å². The molecule has 0 spiro atoms. The van der Waals surface area contributed by atoms with E-state index in [0.29, 0.717) is 0 Å². The number of pyridine rings is 1. The molecular formula is C43H29N5O. The molecule has 4 heterocycles. The molecule has 0 radical (unpaired) electrons. The minimum absolute atomic E-state index is 0.836. The number of para-hydroxylation sites is 2. The van der Waals surface area contributed by atoms with Crippen LogP contribution in [-0.2, 0) is 7.05 Å². The summed E-state index contributed by atoms with van der Waals surface area (Å²) >= 11 is 0. The molecule has 6 heteroatoms. The first-order chi connectivity index (χ1) is 24.2. The SMILES string of the molecule is Cn1ccc(-c2cccc(N(c3ccc4c5ccccc5n(-c5ccccn5)c4c3)c3cccc4c3oc3c5ccccc5ccc43)c2)n1. The molecule has 10 aromatic rings. The number of rotatable bonds is 5. The molecule has 0 atom stereocenters. The molecule has 0 aliphatic heterocycles. The van der Waals surface area contributed by atoms with Crippen LogP contribution in [-0.4, -0.2) is 19.3 Å². The Kier molecular flexibility index (Phi) is 5.99. The van der Waals surface area contributed by atoms with Crippen molar-refractivity contribution < 1.29 is 4.42 Å². The number of aromatic nitrogens is 4. The fraction of sp³-hybridized carbons (Fsp3) is 0.0233. The van der Waals surface area contributed by atoms with E-state index in [1.807, 2.05) is 42.3 Å². The first-order valence-electron chi connectivity index (χ1n) is 16.4. The quantitative estimate of drug-likeness (QED) is 0.190. The van der Waals surface area contributed by atoms with Gasteiger partial charge in [0.1, 0.15) is 11.4 Å². The second kappa shape index (κ2) is 10.7. The number of fused-ring (bicyclic) bond motifs is 8. The van der Waals surface area contributed by atoms with E-state index in [0.717, 1.165) is 77.9 Å². The van der Waals surface area contributed by atoms with Crippen molar-refractivity contribution in [2.24, 2.45) is 7.05 Å². The molecule has 0 aliphatic rings. The lowest BCUT2D eigenvalue weighted by Gasteiger charge is -2.26. The Morgan fingerprint density at radius 1 is 0.571 bits per heavy atom. The average Bonchev–Trinajstić information content (AvgIpc) is 3.86. The zero-order valence-corrected chi connectivity index (χ0v) is 26.7. The highest BCUT2D eigenvalue weighted by atomic mass is 16.3. The first-order valence-corrected chi connectivity index (χ1v) is 16.4. The molecule has 6 nitrogen and oxygen atoms in total. The Hall–Kier alpha value is -6.66. The number of hydrogen-bond donors (Lipinski definition) is 0. The summed E-state index contributed by atoms with van der Waals surface area (Å²) in [6, 6.07) is 51.1. The highest BCUT2D eigenvalue weighted by Crippen LogP contribution is 2.45. The Balaban J connectivity index is 1.27. The summed E-state index contributed by atoms with van der Waals surface area (Å²) in [5, 5.41) is 11.5. The van der Waals surface area contributed by atoms with E-state index >= 15 is 0 Å². The number of furan rings is 1. The number of anilines is 3. The normalized spacial score (nSPS) is 11.8. The number of benzene rings is 6. The summed E-state index contributed by atoms with van der Waals surface area (Å²) in [6.07, 6.45) is 3.82. The third kappa shape index (κ3) is 4.27. The summed E-state index contributed by atoms with van der Waals surface area (Å²) in [4.78, 5) is 7.08. The Morgan fingerprint density at radius 2 is 1.33 bits per heavy atom. The predicted molar refractivity (Wildman–Crippen MR) is 200 cm³/mol. The van der Waals surface area contributed by atoms with Crippen LogP contribution in [0.3, 0.4) is 0 Å². The third-order valence-electron chi connectivity index (χ3n) is 9.52. The maximum absolute atomic E-state index is 6.90. The number of nitrogens with zero attached hydrogens (tertiary/aromatic N) is 5. The largest absolute Gasteiger partial charge is 0.453 e. The zero-order chi connectivity index (χ0) is 32.5. The zero-order valence-electron chi connectivity index (χ0n) is 26.7. The summed E-state index contributed by atoms with van der Waals surface area (Å²) in [6.45, 7) is 0. The van der Waals surface area contributed by atoms with Gasteiger partial charge in [-0.05, 0) is 66.0 Å². The molecule has 0 saturated heterocycles. The molecule has 0 amide bonds. The van der Waals surface area contributed by atoms with Gasteiger partial charge in [-0.1, -0.05) is 84.9 Å². The second-order valence-corrected chi connectivity index (χ2v) is 12.4. The lowest BCUT2D eigenvalue weighted by Crippen LogP contribution is -2.10. The molecular weight excluding hydrogens is 603 g/mol. The van der Waals surface area contributed by atoms with Crippen molar-refractivity contribution >= 4 is 71.6 Å². The van der Waals surface area contributed by atoms with Gasteiger partial charge in [-0.15, -0.1) is 0 Å². The highest BCUT2D eigenvalue weighted by molar-refractivity contribution is 6.18. The highest BCUT2D eigenvalue weighted by Gasteiger charge is 2.22. The summed E-state index contributed by atoms with van der Waals surface area (Å²) in [7, 11) is 1.95. The fourth-order valence-corrected chi connectivity index (χ4v) is 7.32. The van der Waals surface area contributed by atoms with E-state index in [1.165, 1.54) is 10.8 Å². The predicted octanol–water partition coefficient (Wildman–Crippen LogP) is 11.1. The van der Waals surface area contributed by atoms with Gasteiger partial charge < -0.3 is 9.32 Å². The van der Waals surface area contributed by atoms with Gasteiger partial charge >= 0.3 is 0 Å². The van der Waals surface area contributed by atoms with Gasteiger partial charge in [0, 0.05) is 63.3 Å². The standard InChI is InChI=1S/C43H29N5O/c1-46-25-23-37(45-46)29-11-8-12-30(26-29)47(39-17-9-15-35-36-21-19-28-10-2-3-13-32(28)42(36)49-43(35)39)31-20-22-34-33-14-4-5-16-38(33)48(40(34)27-31)41-18-6-7-24-44-41/h2-27H,1H3. The molecule has 6 aromatic carbocycles. The van der Waals surface area contributed by atoms with Gasteiger partial charge in [0.15, 0.2) is 5.58 Å². The van der Waals surface area contributed by atoms with E-state index < -0.39 is 0 Å². The van der Waals surface area contributed by atoms with Crippen molar-refractivity contribution in [2.75, 3.05) is 4.90 Å². The number of hydrogen-bond acceptors (Lipinski definition) is 4. The van der Waals surface area contributed by atoms with Crippen LogP contribution in [0.4, 0.5) is 17.1 Å². The molecule has 0 saturated carbocycles. The smallest absolute Gasteiger partial charge is 0.159 e. The maximum atomic E-state index is 6.90. The van der Waals surface area contributed by atoms with E-state index in [-0.39, 0.29) is 0 Å². The Morgan fingerprint density at radius 3 is 2.20 bits per heavy atom. The molecule has 49 heavy (non-hydrogen) atoms. The first kappa shape index (κ1) is 27.5. The van der Waals surface area contributed by atoms with E-state index in [2.05, 4.69) is 137 Å². The molecule has 0 unspecified atom stereocenters. The molecule has 0 N–H and O–H groups in total. The number of aryl methyl sites for hydroxylation is 1. The molecule has 0 aliphatic carbocycles.